The van der Waals surface area contributed by atoms with Crippen LogP contribution in [0.3, 0.4) is 0 Å². The highest BCUT2D eigenvalue weighted by atomic mass is 32.1. The maximum Gasteiger partial charge on any atom is 0.337 e. The van der Waals surface area contributed by atoms with Gasteiger partial charge in [0.15, 0.2) is 0 Å². The summed E-state index contributed by atoms with van der Waals surface area (Å²) in [5, 5.41) is 9.56. The number of benzene rings is 1. The van der Waals surface area contributed by atoms with E-state index in [9.17, 15) is 14.4 Å². The first-order chi connectivity index (χ1) is 13.5. The van der Waals surface area contributed by atoms with Crippen LogP contribution in [0.25, 0.3) is 0 Å². The largest absolute Gasteiger partial charge is 0.465 e. The molecule has 0 saturated carbocycles. The van der Waals surface area contributed by atoms with Crippen LogP contribution in [-0.2, 0) is 27.3 Å². The Labute approximate surface area is 169 Å². The number of carbonyl (C=O) groups is 3. The highest BCUT2D eigenvalue weighted by Gasteiger charge is 2.15. The molecule has 1 aromatic heterocycles. The van der Waals surface area contributed by atoms with Crippen LogP contribution in [0, 0.1) is 5.92 Å². The summed E-state index contributed by atoms with van der Waals surface area (Å²) < 4.78 is 4.80. The summed E-state index contributed by atoms with van der Waals surface area (Å²) in [4.78, 5) is 36.5. The van der Waals surface area contributed by atoms with Gasteiger partial charge in [0.2, 0.25) is 11.8 Å². The van der Waals surface area contributed by atoms with E-state index in [0.29, 0.717) is 16.8 Å². The minimum atomic E-state index is -0.499. The van der Waals surface area contributed by atoms with Gasteiger partial charge in [0.1, 0.15) is 0 Å². The molecule has 0 fully saturated rings. The fourth-order valence-electron chi connectivity index (χ4n) is 2.88. The Balaban J connectivity index is 2.13. The third kappa shape index (κ3) is 6.20. The molecule has 0 spiro atoms. The summed E-state index contributed by atoms with van der Waals surface area (Å²) in [6.45, 7) is 4.23. The number of thiophene rings is 1. The Hall–Kier alpha value is -2.67. The minimum Gasteiger partial charge on any atom is -0.465 e. The van der Waals surface area contributed by atoms with Gasteiger partial charge in [-0.2, -0.15) is 11.3 Å². The van der Waals surface area contributed by atoms with Gasteiger partial charge in [0.25, 0.3) is 0 Å². The molecule has 7 heteroatoms. The van der Waals surface area contributed by atoms with Gasteiger partial charge in [-0.3, -0.25) is 9.59 Å². The van der Waals surface area contributed by atoms with Gasteiger partial charge in [-0.05, 0) is 59.0 Å². The van der Waals surface area contributed by atoms with Crippen molar-refractivity contribution in [1.29, 1.82) is 0 Å². The van der Waals surface area contributed by atoms with E-state index in [1.54, 1.807) is 18.2 Å². The fourth-order valence-corrected chi connectivity index (χ4v) is 3.55. The second-order valence-corrected chi connectivity index (χ2v) is 7.28. The third-order valence-corrected chi connectivity index (χ3v) is 5.20. The van der Waals surface area contributed by atoms with Gasteiger partial charge in [0.05, 0.1) is 19.1 Å². The third-order valence-electron chi connectivity index (χ3n) is 4.47. The van der Waals surface area contributed by atoms with E-state index in [2.05, 4.69) is 10.6 Å². The van der Waals surface area contributed by atoms with Crippen LogP contribution < -0.4 is 10.6 Å². The predicted molar refractivity (Wildman–Crippen MR) is 110 cm³/mol. The highest BCUT2D eigenvalue weighted by Crippen LogP contribution is 2.18. The first kappa shape index (κ1) is 21.6. The normalized spacial score (nSPS) is 10.6. The van der Waals surface area contributed by atoms with E-state index in [0.717, 1.165) is 18.4 Å². The molecule has 0 saturated heterocycles. The molecule has 1 heterocycles. The van der Waals surface area contributed by atoms with Crippen LogP contribution in [0.5, 0.6) is 0 Å². The lowest BCUT2D eigenvalue weighted by molar-refractivity contribution is -0.125. The van der Waals surface area contributed by atoms with Crippen LogP contribution in [0.2, 0.25) is 0 Å². The van der Waals surface area contributed by atoms with Crippen molar-refractivity contribution in [2.75, 3.05) is 12.4 Å². The second kappa shape index (κ2) is 10.6. The molecule has 2 rings (SSSR count). The van der Waals surface area contributed by atoms with Gasteiger partial charge in [-0.25, -0.2) is 4.79 Å². The molecule has 2 aromatic rings. The number of nitrogens with one attached hydrogen (secondary N) is 2. The quantitative estimate of drug-likeness (QED) is 0.626. The van der Waals surface area contributed by atoms with Gasteiger partial charge in [-0.15, -0.1) is 0 Å². The van der Waals surface area contributed by atoms with Crippen molar-refractivity contribution in [1.82, 2.24) is 5.32 Å². The SMILES string of the molecule is CCC(CC)C(=O)NCc1cc(NC(=O)Cc2ccsc2)cc(C(=O)OC)c1. The molecule has 0 aliphatic heterocycles. The van der Waals surface area contributed by atoms with Gasteiger partial charge < -0.3 is 15.4 Å². The standard InChI is InChI=1S/C21H26N2O4S/c1-4-16(5-2)20(25)22-12-15-8-17(21(26)27-3)11-18(9-15)23-19(24)10-14-6-7-28-13-14/h6-9,11,13,16H,4-5,10,12H2,1-3H3,(H,22,25)(H,23,24). The first-order valence-corrected chi connectivity index (χ1v) is 10.2. The maximum atomic E-state index is 12.3. The van der Waals surface area contributed by atoms with E-state index < -0.39 is 5.97 Å². The molecule has 0 aliphatic rings. The highest BCUT2D eigenvalue weighted by molar-refractivity contribution is 7.08. The number of esters is 1. The zero-order valence-corrected chi connectivity index (χ0v) is 17.2. The molecule has 6 nitrogen and oxygen atoms in total. The lowest BCUT2D eigenvalue weighted by Crippen LogP contribution is -2.29. The molecule has 28 heavy (non-hydrogen) atoms. The molecular formula is C21H26N2O4S. The van der Waals surface area contributed by atoms with Crippen molar-refractivity contribution in [3.05, 3.63) is 51.7 Å². The maximum absolute atomic E-state index is 12.3. The Bertz CT molecular complexity index is 814. The summed E-state index contributed by atoms with van der Waals surface area (Å²) in [6, 6.07) is 6.89. The van der Waals surface area contributed by atoms with Crippen LogP contribution in [0.15, 0.2) is 35.0 Å². The topological polar surface area (TPSA) is 84.5 Å². The van der Waals surface area contributed by atoms with Gasteiger partial charge in [0, 0.05) is 18.2 Å². The van der Waals surface area contributed by atoms with Crippen molar-refractivity contribution in [2.45, 2.75) is 39.7 Å². The first-order valence-electron chi connectivity index (χ1n) is 9.27. The Morgan fingerprint density at radius 1 is 1.11 bits per heavy atom. The summed E-state index contributed by atoms with van der Waals surface area (Å²) in [7, 11) is 1.30. The minimum absolute atomic E-state index is 0.0171. The number of hydrogen-bond donors (Lipinski definition) is 2. The van der Waals surface area contributed by atoms with E-state index >= 15 is 0 Å². The second-order valence-electron chi connectivity index (χ2n) is 6.50. The molecule has 0 bridgehead atoms. The van der Waals surface area contributed by atoms with E-state index in [-0.39, 0.29) is 30.7 Å². The van der Waals surface area contributed by atoms with E-state index in [4.69, 9.17) is 4.74 Å². The van der Waals surface area contributed by atoms with Crippen molar-refractivity contribution in [3.8, 4) is 0 Å². The van der Waals surface area contributed by atoms with E-state index in [1.807, 2.05) is 30.7 Å². The smallest absolute Gasteiger partial charge is 0.337 e. The summed E-state index contributed by atoms with van der Waals surface area (Å²) in [6.07, 6.45) is 1.80. The van der Waals surface area contributed by atoms with Crippen LogP contribution >= 0.6 is 11.3 Å². The van der Waals surface area contributed by atoms with Crippen molar-refractivity contribution in [3.63, 3.8) is 0 Å². The zero-order valence-electron chi connectivity index (χ0n) is 16.4. The van der Waals surface area contributed by atoms with Gasteiger partial charge >= 0.3 is 5.97 Å². The summed E-state index contributed by atoms with van der Waals surface area (Å²) in [5.41, 5.74) is 2.47. The number of rotatable bonds is 9. The summed E-state index contributed by atoms with van der Waals surface area (Å²) >= 11 is 1.53. The molecule has 1 aromatic carbocycles. The Kier molecular flexibility index (Phi) is 8.19. The molecule has 150 valence electrons. The molecule has 0 unspecified atom stereocenters. The number of carbonyl (C=O) groups excluding carboxylic acids is 3. The Morgan fingerprint density at radius 2 is 1.86 bits per heavy atom. The Morgan fingerprint density at radius 3 is 2.46 bits per heavy atom. The number of ether oxygens (including phenoxy) is 1. The van der Waals surface area contributed by atoms with Crippen LogP contribution in [0.1, 0.15) is 48.2 Å². The monoisotopic (exact) mass is 402 g/mol. The molecule has 0 aliphatic carbocycles. The number of methoxy groups -OCH3 is 1. The summed E-state index contributed by atoms with van der Waals surface area (Å²) in [5.74, 6) is -0.723. The van der Waals surface area contributed by atoms with E-state index in [1.165, 1.54) is 18.4 Å². The molecule has 0 radical (unpaired) electrons. The van der Waals surface area contributed by atoms with Gasteiger partial charge in [-0.1, -0.05) is 13.8 Å². The van der Waals surface area contributed by atoms with Crippen molar-refractivity contribution >= 4 is 34.8 Å². The lowest BCUT2D eigenvalue weighted by atomic mass is 10.0. The lowest BCUT2D eigenvalue weighted by Gasteiger charge is -2.14. The average Bonchev–Trinajstić information content (AvgIpc) is 3.19. The van der Waals surface area contributed by atoms with Crippen molar-refractivity contribution < 1.29 is 19.1 Å². The van der Waals surface area contributed by atoms with Crippen molar-refractivity contribution in [2.24, 2.45) is 5.92 Å². The molecule has 2 N–H and O–H groups in total. The number of amides is 2. The molecule has 0 atom stereocenters. The number of anilines is 1. The number of hydrogen-bond acceptors (Lipinski definition) is 5. The predicted octanol–water partition coefficient (Wildman–Crippen LogP) is 3.77. The van der Waals surface area contributed by atoms with Crippen LogP contribution in [-0.4, -0.2) is 24.9 Å². The average molecular weight is 403 g/mol. The van der Waals surface area contributed by atoms with Crippen LogP contribution in [0.4, 0.5) is 5.69 Å². The molecule has 2 amide bonds. The fraction of sp³-hybridized carbons (Fsp3) is 0.381. The zero-order chi connectivity index (χ0) is 20.5. The molecular weight excluding hydrogens is 376 g/mol.